The molecule has 1 heterocycles. The lowest BCUT2D eigenvalue weighted by Gasteiger charge is -2.11. The average Bonchev–Trinajstić information content (AvgIpc) is 2.89. The number of hydrogen-bond donors (Lipinski definition) is 2. The van der Waals surface area contributed by atoms with Crippen molar-refractivity contribution in [1.29, 1.82) is 0 Å². The van der Waals surface area contributed by atoms with Gasteiger partial charge in [-0.1, -0.05) is 47.3 Å². The Hall–Kier alpha value is -1.82. The van der Waals surface area contributed by atoms with E-state index in [1.165, 1.54) is 7.11 Å². The fourth-order valence-corrected chi connectivity index (χ4v) is 2.84. The summed E-state index contributed by atoms with van der Waals surface area (Å²) in [5.41, 5.74) is 2.56. The average molecular weight is 381 g/mol. The Morgan fingerprint density at radius 1 is 1.39 bits per heavy atom. The van der Waals surface area contributed by atoms with Crippen molar-refractivity contribution in [3.8, 4) is 0 Å². The molecule has 0 unspecified atom stereocenters. The van der Waals surface area contributed by atoms with E-state index in [4.69, 9.17) is 4.74 Å². The number of carbonyl (C=O) groups is 2. The Labute approximate surface area is 143 Å². The van der Waals surface area contributed by atoms with Gasteiger partial charge in [0, 0.05) is 10.9 Å². The second kappa shape index (κ2) is 7.64. The van der Waals surface area contributed by atoms with Gasteiger partial charge in [-0.2, -0.15) is 0 Å². The van der Waals surface area contributed by atoms with Gasteiger partial charge in [0.05, 0.1) is 17.6 Å². The first-order valence-corrected chi connectivity index (χ1v) is 8.55. The number of benzene rings is 1. The maximum atomic E-state index is 12.4. The zero-order chi connectivity index (χ0) is 17.0. The molecule has 2 N–H and O–H groups in total. The van der Waals surface area contributed by atoms with Gasteiger partial charge < -0.3 is 15.0 Å². The van der Waals surface area contributed by atoms with Crippen molar-refractivity contribution in [1.82, 2.24) is 4.98 Å². The number of H-pyrrole nitrogens is 1. The number of carbonyl (C=O) groups excluding carboxylic acids is 2. The predicted molar refractivity (Wildman–Crippen MR) is 95.2 cm³/mol. The molecular weight excluding hydrogens is 360 g/mol. The summed E-state index contributed by atoms with van der Waals surface area (Å²) in [4.78, 5) is 27.1. The van der Waals surface area contributed by atoms with E-state index < -0.39 is 5.97 Å². The fourth-order valence-electron chi connectivity index (χ4n) is 2.41. The van der Waals surface area contributed by atoms with Crippen molar-refractivity contribution in [2.45, 2.75) is 37.9 Å². The molecule has 6 heteroatoms. The number of aromatic nitrogens is 1. The van der Waals surface area contributed by atoms with Crippen molar-refractivity contribution in [3.63, 3.8) is 0 Å². The number of methoxy groups -OCH3 is 1. The van der Waals surface area contributed by atoms with Crippen LogP contribution in [0.1, 0.15) is 42.2 Å². The molecule has 0 aliphatic carbocycles. The molecular formula is C17H21BrN2O3. The first kappa shape index (κ1) is 17.5. The number of hydrogen-bond acceptors (Lipinski definition) is 3. The zero-order valence-corrected chi connectivity index (χ0v) is 15.1. The summed E-state index contributed by atoms with van der Waals surface area (Å²) >= 11 is 3.41. The van der Waals surface area contributed by atoms with Crippen molar-refractivity contribution < 1.29 is 14.3 Å². The van der Waals surface area contributed by atoms with Crippen LogP contribution in [0, 0.1) is 6.92 Å². The lowest BCUT2D eigenvalue weighted by molar-refractivity contribution is -0.115. The highest BCUT2D eigenvalue weighted by Gasteiger charge is 2.22. The summed E-state index contributed by atoms with van der Waals surface area (Å²) in [6.07, 6.45) is 2.73. The summed E-state index contributed by atoms with van der Waals surface area (Å²) in [7, 11) is 1.32. The van der Waals surface area contributed by atoms with Crippen molar-refractivity contribution in [2.24, 2.45) is 0 Å². The Morgan fingerprint density at radius 2 is 2.13 bits per heavy atom. The van der Waals surface area contributed by atoms with E-state index in [9.17, 15) is 9.59 Å². The molecule has 1 aromatic heterocycles. The van der Waals surface area contributed by atoms with Gasteiger partial charge in [0.2, 0.25) is 5.91 Å². The molecule has 23 heavy (non-hydrogen) atoms. The SMILES string of the molecule is CCCC[C@@H](Br)C(=O)Nc1c(C(=O)OC)[nH]c2ccc(C)cc12. The minimum absolute atomic E-state index is 0.161. The first-order chi connectivity index (χ1) is 11.0. The number of fused-ring (bicyclic) bond motifs is 1. The third-order valence-electron chi connectivity index (χ3n) is 3.69. The number of rotatable bonds is 6. The number of ether oxygens (including phenoxy) is 1. The summed E-state index contributed by atoms with van der Waals surface area (Å²) in [5.74, 6) is -0.667. The highest BCUT2D eigenvalue weighted by molar-refractivity contribution is 9.10. The smallest absolute Gasteiger partial charge is 0.356 e. The number of esters is 1. The Morgan fingerprint density at radius 3 is 2.78 bits per heavy atom. The molecule has 0 saturated heterocycles. The lowest BCUT2D eigenvalue weighted by atomic mass is 10.1. The summed E-state index contributed by atoms with van der Waals surface area (Å²) < 4.78 is 4.81. The normalized spacial score (nSPS) is 12.2. The summed E-state index contributed by atoms with van der Waals surface area (Å²) in [5, 5.41) is 3.67. The number of aryl methyl sites for hydroxylation is 1. The number of aromatic amines is 1. The van der Waals surface area contributed by atoms with Gasteiger partial charge in [0.1, 0.15) is 5.69 Å². The molecule has 0 aliphatic heterocycles. The molecule has 0 saturated carbocycles. The Kier molecular flexibility index (Phi) is 5.82. The molecule has 5 nitrogen and oxygen atoms in total. The molecule has 2 rings (SSSR count). The van der Waals surface area contributed by atoms with Gasteiger partial charge in [-0.15, -0.1) is 0 Å². The molecule has 0 spiro atoms. The highest BCUT2D eigenvalue weighted by atomic mass is 79.9. The summed E-state index contributed by atoms with van der Waals surface area (Å²) in [6, 6.07) is 5.76. The van der Waals surface area contributed by atoms with Crippen molar-refractivity contribution in [2.75, 3.05) is 12.4 Å². The van der Waals surface area contributed by atoms with Gasteiger partial charge in [0.15, 0.2) is 0 Å². The van der Waals surface area contributed by atoms with Crippen LogP contribution in [0.25, 0.3) is 10.9 Å². The van der Waals surface area contributed by atoms with E-state index in [2.05, 4.69) is 33.2 Å². The largest absolute Gasteiger partial charge is 0.464 e. The lowest BCUT2D eigenvalue weighted by Crippen LogP contribution is -2.23. The van der Waals surface area contributed by atoms with Crippen molar-refractivity contribution in [3.05, 3.63) is 29.5 Å². The zero-order valence-electron chi connectivity index (χ0n) is 13.5. The molecule has 2 aromatic rings. The van der Waals surface area contributed by atoms with Crippen LogP contribution in [0.2, 0.25) is 0 Å². The Bertz CT molecular complexity index is 724. The predicted octanol–water partition coefficient (Wildman–Crippen LogP) is 4.16. The molecule has 1 amide bonds. The number of unbranched alkanes of at least 4 members (excludes halogenated alkanes) is 1. The third kappa shape index (κ3) is 3.93. The van der Waals surface area contributed by atoms with Gasteiger partial charge >= 0.3 is 5.97 Å². The Balaban J connectivity index is 2.38. The highest BCUT2D eigenvalue weighted by Crippen LogP contribution is 2.30. The van der Waals surface area contributed by atoms with Gasteiger partial charge in [-0.05, 0) is 25.5 Å². The maximum Gasteiger partial charge on any atom is 0.356 e. The van der Waals surface area contributed by atoms with E-state index in [0.29, 0.717) is 5.69 Å². The monoisotopic (exact) mass is 380 g/mol. The van der Waals surface area contributed by atoms with Gasteiger partial charge in [0.25, 0.3) is 0 Å². The van der Waals surface area contributed by atoms with E-state index in [1.807, 2.05) is 25.1 Å². The topological polar surface area (TPSA) is 71.2 Å². The van der Waals surface area contributed by atoms with Crippen LogP contribution in [0.15, 0.2) is 18.2 Å². The molecule has 124 valence electrons. The molecule has 0 bridgehead atoms. The van der Waals surface area contributed by atoms with Gasteiger partial charge in [-0.3, -0.25) is 4.79 Å². The van der Waals surface area contributed by atoms with E-state index >= 15 is 0 Å². The second-order valence-corrected chi connectivity index (χ2v) is 6.62. The molecule has 0 radical (unpaired) electrons. The van der Waals surface area contributed by atoms with Crippen LogP contribution in [-0.2, 0) is 9.53 Å². The van der Waals surface area contributed by atoms with E-state index in [1.54, 1.807) is 0 Å². The maximum absolute atomic E-state index is 12.4. The standard InChI is InChI=1S/C17H21BrN2O3/c1-4-5-6-12(18)16(21)20-14-11-9-10(2)7-8-13(11)19-15(14)17(22)23-3/h7-9,12,19H,4-6H2,1-3H3,(H,20,21)/t12-/m1/s1. The van der Waals surface area contributed by atoms with E-state index in [0.717, 1.165) is 35.7 Å². The molecule has 1 aromatic carbocycles. The molecule has 0 fully saturated rings. The van der Waals surface area contributed by atoms with Crippen LogP contribution < -0.4 is 5.32 Å². The third-order valence-corrected chi connectivity index (χ3v) is 4.56. The second-order valence-electron chi connectivity index (χ2n) is 5.51. The number of alkyl halides is 1. The number of nitrogens with one attached hydrogen (secondary N) is 2. The number of amides is 1. The molecule has 1 atom stereocenters. The van der Waals surface area contributed by atoms with Crippen LogP contribution in [-0.4, -0.2) is 28.8 Å². The first-order valence-electron chi connectivity index (χ1n) is 7.63. The quantitative estimate of drug-likeness (QED) is 0.583. The van der Waals surface area contributed by atoms with Crippen LogP contribution in [0.5, 0.6) is 0 Å². The number of halogens is 1. The minimum atomic E-state index is -0.506. The van der Waals surface area contributed by atoms with Crippen molar-refractivity contribution >= 4 is 44.4 Å². The van der Waals surface area contributed by atoms with Crippen LogP contribution >= 0.6 is 15.9 Å². The summed E-state index contributed by atoms with van der Waals surface area (Å²) in [6.45, 7) is 4.04. The molecule has 0 aliphatic rings. The van der Waals surface area contributed by atoms with Crippen LogP contribution in [0.3, 0.4) is 0 Å². The van der Waals surface area contributed by atoms with E-state index in [-0.39, 0.29) is 16.4 Å². The minimum Gasteiger partial charge on any atom is -0.464 e. The fraction of sp³-hybridized carbons (Fsp3) is 0.412. The van der Waals surface area contributed by atoms with Crippen LogP contribution in [0.4, 0.5) is 5.69 Å². The van der Waals surface area contributed by atoms with Gasteiger partial charge in [-0.25, -0.2) is 4.79 Å². The number of anilines is 1.